The number of rotatable bonds is 3. The summed E-state index contributed by atoms with van der Waals surface area (Å²) >= 11 is 0. The summed E-state index contributed by atoms with van der Waals surface area (Å²) in [6.07, 6.45) is 0. The van der Waals surface area contributed by atoms with Crippen molar-refractivity contribution < 1.29 is 9.53 Å². The van der Waals surface area contributed by atoms with Crippen molar-refractivity contribution in [2.75, 3.05) is 12.4 Å². The van der Waals surface area contributed by atoms with E-state index in [4.69, 9.17) is 4.74 Å². The second kappa shape index (κ2) is 6.39. The molecule has 6 heteroatoms. The molecule has 1 N–H and O–H groups in total. The molecule has 0 aliphatic carbocycles. The van der Waals surface area contributed by atoms with Crippen molar-refractivity contribution in [1.29, 1.82) is 0 Å². The van der Waals surface area contributed by atoms with Gasteiger partial charge in [-0.2, -0.15) is 0 Å². The fourth-order valence-corrected chi connectivity index (χ4v) is 2.58. The van der Waals surface area contributed by atoms with Crippen LogP contribution in [0.5, 0.6) is 5.75 Å². The van der Waals surface area contributed by atoms with Crippen molar-refractivity contribution in [3.8, 4) is 5.75 Å². The molecule has 3 aromatic rings. The molecule has 128 valence electrons. The van der Waals surface area contributed by atoms with Crippen molar-refractivity contribution in [1.82, 2.24) is 9.55 Å². The molecule has 0 atom stereocenters. The highest BCUT2D eigenvalue weighted by molar-refractivity contribution is 6.04. The van der Waals surface area contributed by atoms with Crippen LogP contribution in [-0.4, -0.2) is 22.6 Å². The molecule has 0 fully saturated rings. The minimum Gasteiger partial charge on any atom is -0.497 e. The number of hydrogen-bond acceptors (Lipinski definition) is 4. The van der Waals surface area contributed by atoms with Gasteiger partial charge in [0.25, 0.3) is 11.5 Å². The Morgan fingerprint density at radius 2 is 1.76 bits per heavy atom. The molecule has 0 aliphatic heterocycles. The average Bonchev–Trinajstić information content (AvgIpc) is 2.61. The Hall–Kier alpha value is -3.15. The van der Waals surface area contributed by atoms with E-state index in [-0.39, 0.29) is 11.4 Å². The SMILES string of the molecule is COc1ccc(C(=O)Nc2nc3cc(C)c(C)cc3n(C)c2=O)cc1. The number of amides is 1. The molecule has 0 bridgehead atoms. The standard InChI is InChI=1S/C19H19N3O3/c1-11-9-15-16(10-12(11)2)22(3)19(24)17(20-15)21-18(23)13-5-7-14(25-4)8-6-13/h5-10H,1-4H3,(H,20,21,23). The Morgan fingerprint density at radius 1 is 1.12 bits per heavy atom. The maximum absolute atomic E-state index is 12.5. The number of ether oxygens (including phenoxy) is 1. The number of benzene rings is 2. The van der Waals surface area contributed by atoms with E-state index in [0.29, 0.717) is 16.8 Å². The summed E-state index contributed by atoms with van der Waals surface area (Å²) in [6.45, 7) is 3.97. The van der Waals surface area contributed by atoms with E-state index in [1.165, 1.54) is 4.57 Å². The molecule has 1 aromatic heterocycles. The normalized spacial score (nSPS) is 10.7. The maximum Gasteiger partial charge on any atom is 0.293 e. The van der Waals surface area contributed by atoms with Crippen LogP contribution >= 0.6 is 0 Å². The summed E-state index contributed by atoms with van der Waals surface area (Å²) in [7, 11) is 3.23. The van der Waals surface area contributed by atoms with E-state index in [2.05, 4.69) is 10.3 Å². The topological polar surface area (TPSA) is 73.2 Å². The summed E-state index contributed by atoms with van der Waals surface area (Å²) in [5, 5.41) is 2.61. The van der Waals surface area contributed by atoms with Crippen LogP contribution in [0.4, 0.5) is 5.82 Å². The smallest absolute Gasteiger partial charge is 0.293 e. The first-order valence-corrected chi connectivity index (χ1v) is 7.84. The minimum atomic E-state index is -0.393. The predicted molar refractivity (Wildman–Crippen MR) is 97.4 cm³/mol. The molecular weight excluding hydrogens is 318 g/mol. The van der Waals surface area contributed by atoms with Crippen LogP contribution in [0.1, 0.15) is 21.5 Å². The Labute approximate surface area is 145 Å². The first kappa shape index (κ1) is 16.7. The number of fused-ring (bicyclic) bond motifs is 1. The Kier molecular flexibility index (Phi) is 4.27. The van der Waals surface area contributed by atoms with Gasteiger partial charge in [-0.15, -0.1) is 0 Å². The molecule has 2 aromatic carbocycles. The molecule has 25 heavy (non-hydrogen) atoms. The molecule has 0 aliphatic rings. The highest BCUT2D eigenvalue weighted by atomic mass is 16.5. The zero-order valence-electron chi connectivity index (χ0n) is 14.6. The third-order valence-electron chi connectivity index (χ3n) is 4.28. The summed E-state index contributed by atoms with van der Waals surface area (Å²) in [5.41, 5.74) is 3.62. The van der Waals surface area contributed by atoms with Gasteiger partial charge < -0.3 is 14.6 Å². The Bertz CT molecular complexity index is 1020. The second-order valence-electron chi connectivity index (χ2n) is 5.93. The lowest BCUT2D eigenvalue weighted by molar-refractivity contribution is 0.102. The molecule has 0 radical (unpaired) electrons. The summed E-state index contributed by atoms with van der Waals surface area (Å²) < 4.78 is 6.57. The lowest BCUT2D eigenvalue weighted by atomic mass is 10.1. The van der Waals surface area contributed by atoms with Crippen LogP contribution in [0, 0.1) is 13.8 Å². The molecular formula is C19H19N3O3. The largest absolute Gasteiger partial charge is 0.497 e. The maximum atomic E-state index is 12.5. The van der Waals surface area contributed by atoms with E-state index >= 15 is 0 Å². The van der Waals surface area contributed by atoms with Gasteiger partial charge in [0.05, 0.1) is 18.1 Å². The van der Waals surface area contributed by atoms with Gasteiger partial charge in [-0.25, -0.2) is 4.98 Å². The van der Waals surface area contributed by atoms with E-state index in [0.717, 1.165) is 16.6 Å². The van der Waals surface area contributed by atoms with Crippen molar-refractivity contribution >= 4 is 22.8 Å². The van der Waals surface area contributed by atoms with Gasteiger partial charge in [-0.1, -0.05) is 0 Å². The number of methoxy groups -OCH3 is 1. The number of carbonyl (C=O) groups is 1. The fraction of sp³-hybridized carbons (Fsp3) is 0.211. The van der Waals surface area contributed by atoms with Crippen LogP contribution in [0.3, 0.4) is 0 Å². The van der Waals surface area contributed by atoms with E-state index in [1.54, 1.807) is 38.4 Å². The fourth-order valence-electron chi connectivity index (χ4n) is 2.58. The van der Waals surface area contributed by atoms with Crippen LogP contribution in [0.2, 0.25) is 0 Å². The molecule has 0 saturated carbocycles. The Balaban J connectivity index is 2.00. The summed E-state index contributed by atoms with van der Waals surface area (Å²) in [4.78, 5) is 29.3. The zero-order chi connectivity index (χ0) is 18.1. The quantitative estimate of drug-likeness (QED) is 0.797. The van der Waals surface area contributed by atoms with Crippen molar-refractivity contribution in [3.63, 3.8) is 0 Å². The molecule has 0 saturated heterocycles. The van der Waals surface area contributed by atoms with Crippen LogP contribution in [0.15, 0.2) is 41.2 Å². The molecule has 6 nitrogen and oxygen atoms in total. The number of aryl methyl sites for hydroxylation is 3. The molecule has 0 spiro atoms. The van der Waals surface area contributed by atoms with Crippen LogP contribution in [0.25, 0.3) is 11.0 Å². The number of nitrogens with one attached hydrogen (secondary N) is 1. The zero-order valence-corrected chi connectivity index (χ0v) is 14.6. The van der Waals surface area contributed by atoms with Crippen molar-refractivity contribution in [2.45, 2.75) is 13.8 Å². The lowest BCUT2D eigenvalue weighted by Crippen LogP contribution is -2.26. The average molecular weight is 337 g/mol. The van der Waals surface area contributed by atoms with Crippen molar-refractivity contribution in [3.05, 3.63) is 63.4 Å². The lowest BCUT2D eigenvalue weighted by Gasteiger charge is -2.11. The highest BCUT2D eigenvalue weighted by Crippen LogP contribution is 2.18. The number of nitrogens with zero attached hydrogens (tertiary/aromatic N) is 2. The van der Waals surface area contributed by atoms with Gasteiger partial charge in [-0.05, 0) is 61.4 Å². The van der Waals surface area contributed by atoms with E-state index in [9.17, 15) is 9.59 Å². The van der Waals surface area contributed by atoms with Gasteiger partial charge in [-0.3, -0.25) is 9.59 Å². The third-order valence-corrected chi connectivity index (χ3v) is 4.28. The van der Waals surface area contributed by atoms with Gasteiger partial charge in [0.1, 0.15) is 5.75 Å². The first-order chi connectivity index (χ1) is 11.9. The number of aromatic nitrogens is 2. The summed E-state index contributed by atoms with van der Waals surface area (Å²) in [6, 6.07) is 10.5. The molecule has 1 amide bonds. The predicted octanol–water partition coefficient (Wildman–Crippen LogP) is 2.81. The van der Waals surface area contributed by atoms with Gasteiger partial charge in [0.2, 0.25) is 0 Å². The highest BCUT2D eigenvalue weighted by Gasteiger charge is 2.14. The molecule has 1 heterocycles. The van der Waals surface area contributed by atoms with Gasteiger partial charge in [0, 0.05) is 12.6 Å². The van der Waals surface area contributed by atoms with Crippen molar-refractivity contribution in [2.24, 2.45) is 7.05 Å². The first-order valence-electron chi connectivity index (χ1n) is 7.84. The van der Waals surface area contributed by atoms with Crippen LogP contribution < -0.4 is 15.6 Å². The Morgan fingerprint density at radius 3 is 2.40 bits per heavy atom. The summed E-state index contributed by atoms with van der Waals surface area (Å²) in [5.74, 6) is 0.275. The monoisotopic (exact) mass is 337 g/mol. The molecule has 3 rings (SSSR count). The molecule has 0 unspecified atom stereocenters. The van der Waals surface area contributed by atoms with E-state index < -0.39 is 5.91 Å². The number of carbonyl (C=O) groups excluding carboxylic acids is 1. The van der Waals surface area contributed by atoms with Gasteiger partial charge in [0.15, 0.2) is 5.82 Å². The van der Waals surface area contributed by atoms with E-state index in [1.807, 2.05) is 26.0 Å². The minimum absolute atomic E-state index is 0.0130. The van der Waals surface area contributed by atoms with Gasteiger partial charge >= 0.3 is 0 Å². The number of hydrogen-bond donors (Lipinski definition) is 1. The second-order valence-corrected chi connectivity index (χ2v) is 5.93. The van der Waals surface area contributed by atoms with Crippen LogP contribution in [-0.2, 0) is 7.05 Å². The third kappa shape index (κ3) is 3.10. The number of anilines is 1.